The van der Waals surface area contributed by atoms with Crippen LogP contribution in [0.2, 0.25) is 0 Å². The SMILES string of the molecule is COc1ccc(C(=O)N2CCC(CNC(=O)C=C3CCCC3)CC2)cc1OC. The number of ether oxygens (including phenoxy) is 2. The van der Waals surface area contributed by atoms with Gasteiger partial charge in [0.05, 0.1) is 14.2 Å². The van der Waals surface area contributed by atoms with Crippen molar-refractivity contribution in [2.45, 2.75) is 38.5 Å². The molecule has 2 amide bonds. The molecule has 1 aromatic rings. The largest absolute Gasteiger partial charge is 0.493 e. The Labute approximate surface area is 166 Å². The summed E-state index contributed by atoms with van der Waals surface area (Å²) < 4.78 is 10.5. The second-order valence-electron chi connectivity index (χ2n) is 7.56. The molecule has 0 spiro atoms. The molecule has 1 N–H and O–H groups in total. The molecular formula is C22H30N2O4. The van der Waals surface area contributed by atoms with Crippen LogP contribution in [0.15, 0.2) is 29.8 Å². The van der Waals surface area contributed by atoms with Crippen LogP contribution in [0.3, 0.4) is 0 Å². The number of allylic oxidation sites excluding steroid dienone is 1. The van der Waals surface area contributed by atoms with Crippen molar-refractivity contribution in [2.24, 2.45) is 5.92 Å². The Kier molecular flexibility index (Phi) is 6.95. The van der Waals surface area contributed by atoms with Crippen molar-refractivity contribution in [1.29, 1.82) is 0 Å². The van der Waals surface area contributed by atoms with Crippen molar-refractivity contribution < 1.29 is 19.1 Å². The van der Waals surface area contributed by atoms with E-state index in [-0.39, 0.29) is 11.8 Å². The topological polar surface area (TPSA) is 67.9 Å². The lowest BCUT2D eigenvalue weighted by Crippen LogP contribution is -2.41. The summed E-state index contributed by atoms with van der Waals surface area (Å²) in [7, 11) is 3.14. The van der Waals surface area contributed by atoms with Gasteiger partial charge in [-0.2, -0.15) is 0 Å². The maximum absolute atomic E-state index is 12.8. The fourth-order valence-electron chi connectivity index (χ4n) is 3.95. The zero-order valence-corrected chi connectivity index (χ0v) is 16.8. The van der Waals surface area contributed by atoms with E-state index in [4.69, 9.17) is 9.47 Å². The first-order chi connectivity index (χ1) is 13.6. The van der Waals surface area contributed by atoms with Gasteiger partial charge in [-0.3, -0.25) is 9.59 Å². The van der Waals surface area contributed by atoms with Crippen molar-refractivity contribution in [3.05, 3.63) is 35.4 Å². The van der Waals surface area contributed by atoms with E-state index in [1.807, 2.05) is 4.90 Å². The normalized spacial score (nSPS) is 17.4. The van der Waals surface area contributed by atoms with E-state index in [1.165, 1.54) is 18.4 Å². The molecule has 2 fully saturated rings. The number of hydrogen-bond donors (Lipinski definition) is 1. The highest BCUT2D eigenvalue weighted by Gasteiger charge is 2.24. The smallest absolute Gasteiger partial charge is 0.253 e. The first-order valence-corrected chi connectivity index (χ1v) is 10.1. The molecule has 2 aliphatic rings. The number of methoxy groups -OCH3 is 2. The molecule has 152 valence electrons. The summed E-state index contributed by atoms with van der Waals surface area (Å²) >= 11 is 0. The number of amides is 2. The number of piperidine rings is 1. The minimum atomic E-state index is 0.00871. The summed E-state index contributed by atoms with van der Waals surface area (Å²) in [5.41, 5.74) is 1.88. The second kappa shape index (κ2) is 9.62. The van der Waals surface area contributed by atoms with Crippen LogP contribution < -0.4 is 14.8 Å². The third kappa shape index (κ3) is 5.06. The number of carbonyl (C=O) groups is 2. The zero-order valence-electron chi connectivity index (χ0n) is 16.8. The number of carbonyl (C=O) groups excluding carboxylic acids is 2. The molecule has 1 heterocycles. The van der Waals surface area contributed by atoms with E-state index in [0.717, 1.165) is 25.7 Å². The minimum absolute atomic E-state index is 0.00871. The van der Waals surface area contributed by atoms with Gasteiger partial charge in [0.1, 0.15) is 0 Å². The third-order valence-corrected chi connectivity index (χ3v) is 5.68. The van der Waals surface area contributed by atoms with Crippen LogP contribution in [0.25, 0.3) is 0 Å². The van der Waals surface area contributed by atoms with Gasteiger partial charge in [0.2, 0.25) is 5.91 Å². The van der Waals surface area contributed by atoms with Gasteiger partial charge in [0, 0.05) is 31.3 Å². The van der Waals surface area contributed by atoms with Gasteiger partial charge in [0.25, 0.3) is 5.91 Å². The summed E-state index contributed by atoms with van der Waals surface area (Å²) in [6.07, 6.45) is 8.10. The summed E-state index contributed by atoms with van der Waals surface area (Å²) in [5, 5.41) is 3.03. The van der Waals surface area contributed by atoms with Gasteiger partial charge in [-0.15, -0.1) is 0 Å². The molecule has 6 nitrogen and oxygen atoms in total. The molecule has 1 aliphatic heterocycles. The highest BCUT2D eigenvalue weighted by Crippen LogP contribution is 2.29. The third-order valence-electron chi connectivity index (χ3n) is 5.68. The summed E-state index contributed by atoms with van der Waals surface area (Å²) in [5.74, 6) is 1.62. The predicted octanol–water partition coefficient (Wildman–Crippen LogP) is 3.17. The fraction of sp³-hybridized carbons (Fsp3) is 0.545. The minimum Gasteiger partial charge on any atom is -0.493 e. The van der Waals surface area contributed by atoms with Crippen molar-refractivity contribution in [2.75, 3.05) is 33.9 Å². The molecule has 6 heteroatoms. The number of nitrogens with one attached hydrogen (secondary N) is 1. The number of benzene rings is 1. The lowest BCUT2D eigenvalue weighted by atomic mass is 9.96. The van der Waals surface area contributed by atoms with Crippen LogP contribution in [0, 0.1) is 5.92 Å². The molecule has 3 rings (SSSR count). The first kappa shape index (κ1) is 20.2. The van der Waals surface area contributed by atoms with Gasteiger partial charge < -0.3 is 19.7 Å². The fourth-order valence-corrected chi connectivity index (χ4v) is 3.95. The highest BCUT2D eigenvalue weighted by atomic mass is 16.5. The van der Waals surface area contributed by atoms with E-state index in [0.29, 0.717) is 42.6 Å². The Hall–Kier alpha value is -2.50. The van der Waals surface area contributed by atoms with Gasteiger partial charge in [-0.25, -0.2) is 0 Å². The van der Waals surface area contributed by atoms with Crippen LogP contribution >= 0.6 is 0 Å². The quantitative estimate of drug-likeness (QED) is 0.763. The number of nitrogens with zero attached hydrogens (tertiary/aromatic N) is 1. The number of rotatable bonds is 6. The van der Waals surface area contributed by atoms with Gasteiger partial charge in [-0.05, 0) is 62.6 Å². The summed E-state index contributed by atoms with van der Waals surface area (Å²) in [6, 6.07) is 5.25. The molecular weight excluding hydrogens is 356 g/mol. The first-order valence-electron chi connectivity index (χ1n) is 10.1. The Morgan fingerprint density at radius 2 is 1.79 bits per heavy atom. The molecule has 1 aromatic carbocycles. The van der Waals surface area contributed by atoms with Crippen molar-refractivity contribution in [3.8, 4) is 11.5 Å². The van der Waals surface area contributed by atoms with Crippen molar-refractivity contribution in [3.63, 3.8) is 0 Å². The standard InChI is InChI=1S/C22H30N2O4/c1-27-19-8-7-18(14-20(19)28-2)22(26)24-11-9-17(10-12-24)15-23-21(25)13-16-5-3-4-6-16/h7-8,13-14,17H,3-6,9-12,15H2,1-2H3,(H,23,25). The van der Waals surface area contributed by atoms with E-state index in [1.54, 1.807) is 38.5 Å². The van der Waals surface area contributed by atoms with Crippen molar-refractivity contribution in [1.82, 2.24) is 10.2 Å². The molecule has 1 aliphatic carbocycles. The Morgan fingerprint density at radius 1 is 1.11 bits per heavy atom. The van der Waals surface area contributed by atoms with Crippen LogP contribution in [-0.4, -0.2) is 50.6 Å². The monoisotopic (exact) mass is 386 g/mol. The summed E-state index contributed by atoms with van der Waals surface area (Å²) in [4.78, 5) is 26.7. The number of likely N-dealkylation sites (tertiary alicyclic amines) is 1. The van der Waals surface area contributed by atoms with Crippen LogP contribution in [0.1, 0.15) is 48.9 Å². The molecule has 0 bridgehead atoms. The lowest BCUT2D eigenvalue weighted by Gasteiger charge is -2.32. The van der Waals surface area contributed by atoms with E-state index in [2.05, 4.69) is 5.32 Å². The molecule has 0 radical (unpaired) electrons. The lowest BCUT2D eigenvalue weighted by molar-refractivity contribution is -0.116. The van der Waals surface area contributed by atoms with Gasteiger partial charge in [-0.1, -0.05) is 5.57 Å². The average Bonchev–Trinajstić information content (AvgIpc) is 3.24. The maximum Gasteiger partial charge on any atom is 0.253 e. The highest BCUT2D eigenvalue weighted by molar-refractivity contribution is 5.95. The zero-order chi connectivity index (χ0) is 19.9. The molecule has 0 aromatic heterocycles. The molecule has 1 saturated heterocycles. The Balaban J connectivity index is 1.47. The van der Waals surface area contributed by atoms with E-state index < -0.39 is 0 Å². The van der Waals surface area contributed by atoms with Crippen LogP contribution in [0.5, 0.6) is 11.5 Å². The molecule has 0 atom stereocenters. The summed E-state index contributed by atoms with van der Waals surface area (Å²) in [6.45, 7) is 2.09. The predicted molar refractivity (Wildman–Crippen MR) is 108 cm³/mol. The molecule has 1 saturated carbocycles. The second-order valence-corrected chi connectivity index (χ2v) is 7.56. The average molecular weight is 386 g/mol. The Morgan fingerprint density at radius 3 is 2.43 bits per heavy atom. The Bertz CT molecular complexity index is 728. The molecule has 0 unspecified atom stereocenters. The van der Waals surface area contributed by atoms with Gasteiger partial charge >= 0.3 is 0 Å². The van der Waals surface area contributed by atoms with E-state index >= 15 is 0 Å². The van der Waals surface area contributed by atoms with Crippen LogP contribution in [0.4, 0.5) is 0 Å². The maximum atomic E-state index is 12.8. The van der Waals surface area contributed by atoms with Gasteiger partial charge in [0.15, 0.2) is 11.5 Å². The number of hydrogen-bond acceptors (Lipinski definition) is 4. The molecule has 28 heavy (non-hydrogen) atoms. The van der Waals surface area contributed by atoms with Crippen molar-refractivity contribution >= 4 is 11.8 Å². The van der Waals surface area contributed by atoms with Crippen LogP contribution in [-0.2, 0) is 4.79 Å². The van der Waals surface area contributed by atoms with E-state index in [9.17, 15) is 9.59 Å².